The Balaban J connectivity index is 3.56. The summed E-state index contributed by atoms with van der Waals surface area (Å²) >= 11 is 0. The van der Waals surface area contributed by atoms with Gasteiger partial charge in [0.25, 0.3) is 0 Å². The third-order valence-electron chi connectivity index (χ3n) is 4.78. The van der Waals surface area contributed by atoms with Gasteiger partial charge in [-0.05, 0) is 57.8 Å². The summed E-state index contributed by atoms with van der Waals surface area (Å²) in [6, 6.07) is 0. The third kappa shape index (κ3) is 13.1. The van der Waals surface area contributed by atoms with Crippen molar-refractivity contribution in [2.75, 3.05) is 0 Å². The third-order valence-corrected chi connectivity index (χ3v) is 4.78. The highest BCUT2D eigenvalue weighted by Crippen LogP contribution is 2.21. The van der Waals surface area contributed by atoms with Gasteiger partial charge in [-0.2, -0.15) is 0 Å². The van der Waals surface area contributed by atoms with Crippen molar-refractivity contribution in [3.63, 3.8) is 0 Å². The smallest absolute Gasteiger partial charge is 0.0318 e. The van der Waals surface area contributed by atoms with Crippen molar-refractivity contribution < 1.29 is 0 Å². The molecule has 0 unspecified atom stereocenters. The van der Waals surface area contributed by atoms with E-state index in [0.29, 0.717) is 0 Å². The topological polar surface area (TPSA) is 0 Å². The summed E-state index contributed by atoms with van der Waals surface area (Å²) in [5.41, 5.74) is 3.06. The van der Waals surface area contributed by atoms with E-state index in [1.54, 1.807) is 5.57 Å². The molecule has 0 aromatic rings. The summed E-state index contributed by atoms with van der Waals surface area (Å²) in [5, 5.41) is 0. The van der Waals surface area contributed by atoms with Crippen LogP contribution in [0, 0.1) is 24.2 Å². The van der Waals surface area contributed by atoms with Crippen LogP contribution in [0.3, 0.4) is 0 Å². The van der Waals surface area contributed by atoms with Crippen LogP contribution in [0.4, 0.5) is 0 Å². The molecule has 1 radical (unpaired) electrons. The van der Waals surface area contributed by atoms with Crippen molar-refractivity contribution in [1.29, 1.82) is 0 Å². The predicted octanol–water partition coefficient (Wildman–Crippen LogP) is 7.60. The molecule has 0 N–H and O–H groups in total. The van der Waals surface area contributed by atoms with Gasteiger partial charge in [0.15, 0.2) is 0 Å². The highest BCUT2D eigenvalue weighted by atomic mass is 14.1. The molecule has 0 bridgehead atoms. The molecule has 0 aliphatic carbocycles. The van der Waals surface area contributed by atoms with Gasteiger partial charge in [-0.1, -0.05) is 77.4 Å². The molecule has 125 valence electrons. The first-order chi connectivity index (χ1) is 9.82. The van der Waals surface area contributed by atoms with Crippen molar-refractivity contribution in [3.05, 3.63) is 17.6 Å². The van der Waals surface area contributed by atoms with Gasteiger partial charge in [-0.3, -0.25) is 0 Å². The zero-order valence-electron chi connectivity index (χ0n) is 16.0. The van der Waals surface area contributed by atoms with Crippen molar-refractivity contribution in [2.24, 2.45) is 17.8 Å². The van der Waals surface area contributed by atoms with Gasteiger partial charge in [0.1, 0.15) is 0 Å². The van der Waals surface area contributed by atoms with E-state index in [2.05, 4.69) is 54.9 Å². The van der Waals surface area contributed by atoms with E-state index in [4.69, 9.17) is 0 Å². The Morgan fingerprint density at radius 1 is 0.810 bits per heavy atom. The fourth-order valence-corrected chi connectivity index (χ4v) is 2.76. The number of hydrogen-bond donors (Lipinski definition) is 0. The first-order valence-electron chi connectivity index (χ1n) is 9.29. The Hall–Kier alpha value is -0.260. The lowest BCUT2D eigenvalue weighted by molar-refractivity contribution is 0.408. The first-order valence-corrected chi connectivity index (χ1v) is 9.29. The molecule has 2 atom stereocenters. The monoisotopic (exact) mass is 293 g/mol. The Bertz CT molecular complexity index is 268. The normalized spacial score (nSPS) is 14.3. The van der Waals surface area contributed by atoms with Crippen LogP contribution in [-0.4, -0.2) is 0 Å². The minimum absolute atomic E-state index is 0.790. The van der Waals surface area contributed by atoms with Crippen LogP contribution in [0.5, 0.6) is 0 Å². The molecule has 0 saturated carbocycles. The second-order valence-electron chi connectivity index (χ2n) is 7.89. The SMILES string of the molecule is CC(C)=C(C)CC[CH][C@H](C)CCC[C@H](C)CCCC(C)C. The summed E-state index contributed by atoms with van der Waals surface area (Å²) in [7, 11) is 0. The molecule has 0 aromatic carbocycles. The first kappa shape index (κ1) is 20.7. The maximum absolute atomic E-state index is 2.54. The minimum atomic E-state index is 0.790. The number of hydrogen-bond acceptors (Lipinski definition) is 0. The largest absolute Gasteiger partial charge is 0.0775 e. The zero-order chi connectivity index (χ0) is 16.3. The average Bonchev–Trinajstić information content (AvgIpc) is 2.37. The van der Waals surface area contributed by atoms with Crippen LogP contribution >= 0.6 is 0 Å². The Morgan fingerprint density at radius 3 is 1.90 bits per heavy atom. The van der Waals surface area contributed by atoms with E-state index >= 15 is 0 Å². The van der Waals surface area contributed by atoms with Crippen LogP contribution in [0.1, 0.15) is 99.8 Å². The predicted molar refractivity (Wildman–Crippen MR) is 98.5 cm³/mol. The second kappa shape index (κ2) is 12.3. The highest BCUT2D eigenvalue weighted by molar-refractivity contribution is 5.06. The fourth-order valence-electron chi connectivity index (χ4n) is 2.76. The molecule has 0 fully saturated rings. The van der Waals surface area contributed by atoms with Crippen LogP contribution in [0.2, 0.25) is 0 Å². The average molecular weight is 294 g/mol. The fraction of sp³-hybridized carbons (Fsp3) is 0.857. The summed E-state index contributed by atoms with van der Waals surface area (Å²) in [6.45, 7) is 16.2. The molecule has 0 rings (SSSR count). The van der Waals surface area contributed by atoms with Crippen molar-refractivity contribution in [3.8, 4) is 0 Å². The maximum Gasteiger partial charge on any atom is -0.0318 e. The molecule has 0 nitrogen and oxygen atoms in total. The van der Waals surface area contributed by atoms with Gasteiger partial charge in [-0.15, -0.1) is 0 Å². The molecule has 0 aromatic heterocycles. The van der Waals surface area contributed by atoms with Crippen LogP contribution in [0.25, 0.3) is 0 Å². The lowest BCUT2D eigenvalue weighted by Gasteiger charge is -2.15. The van der Waals surface area contributed by atoms with Crippen LogP contribution < -0.4 is 0 Å². The molecule has 0 aliphatic rings. The standard InChI is InChI=1S/C21H41/c1-17(2)11-8-12-19(5)13-9-14-20(6)15-10-16-21(7)18(3)4/h15,17,19-20H,8-14,16H2,1-7H3/t19-,20-/m1/s1. The number of allylic oxidation sites excluding steroid dienone is 2. The van der Waals surface area contributed by atoms with E-state index in [1.165, 1.54) is 56.9 Å². The molecule has 21 heavy (non-hydrogen) atoms. The van der Waals surface area contributed by atoms with E-state index in [0.717, 1.165) is 17.8 Å². The van der Waals surface area contributed by atoms with Gasteiger partial charge < -0.3 is 0 Å². The maximum atomic E-state index is 2.54. The van der Waals surface area contributed by atoms with Crippen molar-refractivity contribution >= 4 is 0 Å². The molecule has 0 spiro atoms. The Morgan fingerprint density at radius 2 is 1.38 bits per heavy atom. The molecular formula is C21H41. The van der Waals surface area contributed by atoms with E-state index in [1.807, 2.05) is 0 Å². The Kier molecular flexibility index (Phi) is 12.1. The van der Waals surface area contributed by atoms with Gasteiger partial charge in [-0.25, -0.2) is 0 Å². The van der Waals surface area contributed by atoms with E-state index < -0.39 is 0 Å². The molecule has 0 amide bonds. The summed E-state index contributed by atoms with van der Waals surface area (Å²) in [6.07, 6.45) is 13.5. The lowest BCUT2D eigenvalue weighted by atomic mass is 9.91. The van der Waals surface area contributed by atoms with Gasteiger partial charge >= 0.3 is 0 Å². The Labute approximate surface area is 135 Å². The van der Waals surface area contributed by atoms with Gasteiger partial charge in [0.2, 0.25) is 0 Å². The van der Waals surface area contributed by atoms with E-state index in [-0.39, 0.29) is 0 Å². The van der Waals surface area contributed by atoms with Crippen LogP contribution in [-0.2, 0) is 0 Å². The molecular weight excluding hydrogens is 252 g/mol. The van der Waals surface area contributed by atoms with Crippen molar-refractivity contribution in [1.82, 2.24) is 0 Å². The molecule has 0 aliphatic heterocycles. The quantitative estimate of drug-likeness (QED) is 0.325. The van der Waals surface area contributed by atoms with Gasteiger partial charge in [0, 0.05) is 0 Å². The molecule has 0 heterocycles. The highest BCUT2D eigenvalue weighted by Gasteiger charge is 2.07. The summed E-state index contributed by atoms with van der Waals surface area (Å²) in [5.74, 6) is 2.58. The summed E-state index contributed by atoms with van der Waals surface area (Å²) < 4.78 is 0. The lowest BCUT2D eigenvalue weighted by Crippen LogP contribution is -2.00. The molecule has 0 saturated heterocycles. The minimum Gasteiger partial charge on any atom is -0.0775 e. The van der Waals surface area contributed by atoms with E-state index in [9.17, 15) is 0 Å². The van der Waals surface area contributed by atoms with Crippen LogP contribution in [0.15, 0.2) is 11.1 Å². The summed E-state index contributed by atoms with van der Waals surface area (Å²) in [4.78, 5) is 0. The second-order valence-corrected chi connectivity index (χ2v) is 7.89. The zero-order valence-corrected chi connectivity index (χ0v) is 16.0. The van der Waals surface area contributed by atoms with Gasteiger partial charge in [0.05, 0.1) is 0 Å². The molecule has 0 heteroatoms. The van der Waals surface area contributed by atoms with Crippen molar-refractivity contribution in [2.45, 2.75) is 99.8 Å². The number of rotatable bonds is 12.